The van der Waals surface area contributed by atoms with E-state index in [1.54, 1.807) is 0 Å². The monoisotopic (exact) mass is 348 g/mol. The van der Waals surface area contributed by atoms with Crippen molar-refractivity contribution >= 4 is 39.8 Å². The first-order chi connectivity index (χ1) is 11.2. The molecule has 7 heteroatoms. The molecule has 0 aliphatic heterocycles. The zero-order chi connectivity index (χ0) is 16.1. The fourth-order valence-corrected chi connectivity index (χ4v) is 4.31. The molecule has 1 aromatic heterocycles. The molecule has 3 rings (SSSR count). The lowest BCUT2D eigenvalue weighted by Gasteiger charge is -2.22. The molecule has 0 atom stereocenters. The number of anilines is 2. The molecule has 2 aromatic rings. The lowest BCUT2D eigenvalue weighted by atomic mass is 9.84. The summed E-state index contributed by atoms with van der Waals surface area (Å²) in [5.74, 6) is 0.944. The molecule has 1 aromatic carbocycles. The Bertz CT molecular complexity index is 650. The molecule has 1 fully saturated rings. The number of benzene rings is 1. The van der Waals surface area contributed by atoms with Crippen LogP contribution in [0.25, 0.3) is 0 Å². The first-order valence-corrected chi connectivity index (χ1v) is 9.62. The number of nitrogen functional groups attached to an aromatic ring is 1. The first kappa shape index (κ1) is 16.3. The molecule has 1 aliphatic rings. The van der Waals surface area contributed by atoms with E-state index in [-0.39, 0.29) is 5.91 Å². The van der Waals surface area contributed by atoms with Crippen molar-refractivity contribution in [1.29, 1.82) is 0 Å². The number of nitrogens with zero attached hydrogens (tertiary/aromatic N) is 2. The van der Waals surface area contributed by atoms with Crippen LogP contribution in [0.5, 0.6) is 0 Å². The number of thioether (sulfide) groups is 1. The second kappa shape index (κ2) is 7.79. The van der Waals surface area contributed by atoms with Crippen molar-refractivity contribution < 1.29 is 4.79 Å². The van der Waals surface area contributed by atoms with E-state index < -0.39 is 0 Å². The summed E-state index contributed by atoms with van der Waals surface area (Å²) in [6.45, 7) is 0. The van der Waals surface area contributed by atoms with Crippen molar-refractivity contribution in [1.82, 2.24) is 10.2 Å². The van der Waals surface area contributed by atoms with E-state index in [2.05, 4.69) is 27.6 Å². The van der Waals surface area contributed by atoms with Gasteiger partial charge in [0.05, 0.1) is 5.75 Å². The quantitative estimate of drug-likeness (QED) is 0.801. The van der Waals surface area contributed by atoms with E-state index in [9.17, 15) is 4.79 Å². The fraction of sp³-hybridized carbons (Fsp3) is 0.438. The highest BCUT2D eigenvalue weighted by Gasteiger charge is 2.15. The highest BCUT2D eigenvalue weighted by Crippen LogP contribution is 2.33. The van der Waals surface area contributed by atoms with Gasteiger partial charge in [0, 0.05) is 5.69 Å². The van der Waals surface area contributed by atoms with Crippen LogP contribution in [0.4, 0.5) is 10.8 Å². The Hall–Kier alpha value is -1.60. The molecule has 1 heterocycles. The van der Waals surface area contributed by atoms with Gasteiger partial charge >= 0.3 is 0 Å². The number of hydrogen-bond acceptors (Lipinski definition) is 6. The summed E-state index contributed by atoms with van der Waals surface area (Å²) in [4.78, 5) is 12.0. The zero-order valence-corrected chi connectivity index (χ0v) is 14.5. The second-order valence-corrected chi connectivity index (χ2v) is 7.93. The number of nitrogens with one attached hydrogen (secondary N) is 1. The molecule has 3 N–H and O–H groups in total. The third-order valence-electron chi connectivity index (χ3n) is 4.02. The summed E-state index contributed by atoms with van der Waals surface area (Å²) in [7, 11) is 0. The largest absolute Gasteiger partial charge is 0.374 e. The van der Waals surface area contributed by atoms with Crippen molar-refractivity contribution in [3.63, 3.8) is 0 Å². The smallest absolute Gasteiger partial charge is 0.234 e. The van der Waals surface area contributed by atoms with Crippen LogP contribution in [-0.4, -0.2) is 21.9 Å². The molecule has 1 amide bonds. The standard InChI is InChI=1S/C16H20N4OS2/c17-15-19-20-16(23-15)22-10-14(21)18-13-8-6-12(7-9-13)11-4-2-1-3-5-11/h6-9,11H,1-5,10H2,(H2,17,19)(H,18,21). The van der Waals surface area contributed by atoms with Gasteiger partial charge in [-0.2, -0.15) is 0 Å². The lowest BCUT2D eigenvalue weighted by molar-refractivity contribution is -0.113. The van der Waals surface area contributed by atoms with E-state index in [1.807, 2.05) is 12.1 Å². The minimum Gasteiger partial charge on any atom is -0.374 e. The van der Waals surface area contributed by atoms with E-state index in [0.29, 0.717) is 21.1 Å². The van der Waals surface area contributed by atoms with E-state index >= 15 is 0 Å². The van der Waals surface area contributed by atoms with Crippen LogP contribution >= 0.6 is 23.1 Å². The third-order valence-corrected chi connectivity index (χ3v) is 5.91. The highest BCUT2D eigenvalue weighted by molar-refractivity contribution is 8.01. The lowest BCUT2D eigenvalue weighted by Crippen LogP contribution is -2.14. The van der Waals surface area contributed by atoms with Gasteiger partial charge in [-0.3, -0.25) is 4.79 Å². The molecule has 1 aliphatic carbocycles. The SMILES string of the molecule is Nc1nnc(SCC(=O)Nc2ccc(C3CCCCC3)cc2)s1. The molecular formula is C16H20N4OS2. The van der Waals surface area contributed by atoms with Crippen molar-refractivity contribution in [3.8, 4) is 0 Å². The first-order valence-electron chi connectivity index (χ1n) is 7.82. The summed E-state index contributed by atoms with van der Waals surface area (Å²) < 4.78 is 0.713. The Kier molecular flexibility index (Phi) is 5.51. The maximum atomic E-state index is 12.0. The van der Waals surface area contributed by atoms with Gasteiger partial charge in [-0.25, -0.2) is 0 Å². The molecule has 0 radical (unpaired) electrons. The van der Waals surface area contributed by atoms with E-state index in [1.165, 1.54) is 60.8 Å². The molecule has 0 unspecified atom stereocenters. The molecule has 0 bridgehead atoms. The zero-order valence-electron chi connectivity index (χ0n) is 12.8. The van der Waals surface area contributed by atoms with Crippen molar-refractivity contribution in [2.24, 2.45) is 0 Å². The molecule has 1 saturated carbocycles. The van der Waals surface area contributed by atoms with Gasteiger partial charge in [0.2, 0.25) is 11.0 Å². The normalized spacial score (nSPS) is 15.5. The van der Waals surface area contributed by atoms with Crippen LogP contribution in [-0.2, 0) is 4.79 Å². The van der Waals surface area contributed by atoms with Gasteiger partial charge in [0.25, 0.3) is 0 Å². The number of nitrogens with two attached hydrogens (primary N) is 1. The van der Waals surface area contributed by atoms with Gasteiger partial charge < -0.3 is 11.1 Å². The molecule has 23 heavy (non-hydrogen) atoms. The topological polar surface area (TPSA) is 80.9 Å². The highest BCUT2D eigenvalue weighted by atomic mass is 32.2. The molecule has 0 saturated heterocycles. The minimum atomic E-state index is -0.0470. The van der Waals surface area contributed by atoms with E-state index in [0.717, 1.165) is 5.69 Å². The van der Waals surface area contributed by atoms with Crippen LogP contribution in [0.1, 0.15) is 43.6 Å². The molecule has 0 spiro atoms. The second-order valence-electron chi connectivity index (χ2n) is 5.70. The number of aromatic nitrogens is 2. The summed E-state index contributed by atoms with van der Waals surface area (Å²) in [6, 6.07) is 8.28. The predicted molar refractivity (Wildman–Crippen MR) is 95.9 cm³/mol. The van der Waals surface area contributed by atoms with Crippen LogP contribution in [0.2, 0.25) is 0 Å². The average molecular weight is 348 g/mol. The fourth-order valence-electron chi connectivity index (χ4n) is 2.88. The van der Waals surface area contributed by atoms with Crippen LogP contribution < -0.4 is 11.1 Å². The van der Waals surface area contributed by atoms with Crippen LogP contribution in [0, 0.1) is 0 Å². The van der Waals surface area contributed by atoms with Crippen LogP contribution in [0.3, 0.4) is 0 Å². The Labute approximate surface area is 144 Å². The van der Waals surface area contributed by atoms with Gasteiger partial charge in [0.1, 0.15) is 0 Å². The van der Waals surface area contributed by atoms with E-state index in [4.69, 9.17) is 5.73 Å². The Balaban J connectivity index is 1.50. The number of rotatable bonds is 5. The number of carbonyl (C=O) groups excluding carboxylic acids is 1. The van der Waals surface area contributed by atoms with Crippen LogP contribution in [0.15, 0.2) is 28.6 Å². The number of hydrogen-bond donors (Lipinski definition) is 2. The number of carbonyl (C=O) groups is 1. The molecule has 122 valence electrons. The van der Waals surface area contributed by atoms with Crippen molar-refractivity contribution in [2.45, 2.75) is 42.4 Å². The summed E-state index contributed by atoms with van der Waals surface area (Å²) in [5, 5.41) is 10.9. The maximum Gasteiger partial charge on any atom is 0.234 e. The summed E-state index contributed by atoms with van der Waals surface area (Å²) in [5.41, 5.74) is 7.75. The Morgan fingerprint density at radius 2 is 1.96 bits per heavy atom. The van der Waals surface area contributed by atoms with Crippen molar-refractivity contribution in [3.05, 3.63) is 29.8 Å². The van der Waals surface area contributed by atoms with Gasteiger partial charge in [0.15, 0.2) is 4.34 Å². The van der Waals surface area contributed by atoms with Gasteiger partial charge in [-0.15, -0.1) is 10.2 Å². The maximum absolute atomic E-state index is 12.0. The predicted octanol–water partition coefficient (Wildman–Crippen LogP) is 3.90. The molecule has 5 nitrogen and oxygen atoms in total. The van der Waals surface area contributed by atoms with Gasteiger partial charge in [-0.05, 0) is 36.5 Å². The average Bonchev–Trinajstić information content (AvgIpc) is 3.00. The summed E-state index contributed by atoms with van der Waals surface area (Å²) in [6.07, 6.45) is 6.59. The summed E-state index contributed by atoms with van der Waals surface area (Å²) >= 11 is 2.64. The molecular weight excluding hydrogens is 328 g/mol. The minimum absolute atomic E-state index is 0.0470. The number of amides is 1. The third kappa shape index (κ3) is 4.68. The van der Waals surface area contributed by atoms with Crippen molar-refractivity contribution in [2.75, 3.05) is 16.8 Å². The Morgan fingerprint density at radius 1 is 1.22 bits per heavy atom. The Morgan fingerprint density at radius 3 is 2.61 bits per heavy atom. The van der Waals surface area contributed by atoms with Gasteiger partial charge in [-0.1, -0.05) is 54.5 Å².